The Kier molecular flexibility index (Phi) is 7.03. The molecule has 6 heteroatoms. The number of carbonyl (C=O) groups is 2. The van der Waals surface area contributed by atoms with Gasteiger partial charge in [-0.25, -0.2) is 0 Å². The average molecular weight is 534 g/mol. The lowest BCUT2D eigenvalue weighted by Gasteiger charge is -2.39. The second kappa shape index (κ2) is 10.8. The van der Waals surface area contributed by atoms with Crippen LogP contribution in [0.15, 0.2) is 89.3 Å². The van der Waals surface area contributed by atoms with Crippen LogP contribution in [0.2, 0.25) is 0 Å². The number of hydrogen-bond acceptors (Lipinski definition) is 4. The van der Waals surface area contributed by atoms with Crippen molar-refractivity contribution >= 4 is 11.8 Å². The quantitative estimate of drug-likeness (QED) is 0.328. The minimum atomic E-state index is -0.464. The zero-order valence-electron chi connectivity index (χ0n) is 23.2. The van der Waals surface area contributed by atoms with Gasteiger partial charge in [0.25, 0.3) is 5.91 Å². The summed E-state index contributed by atoms with van der Waals surface area (Å²) in [5.41, 5.74) is 5.57. The molecule has 3 heterocycles. The molecule has 4 aromatic rings. The Balaban J connectivity index is 1.25. The molecular weight excluding hydrogens is 498 g/mol. The second-order valence-electron chi connectivity index (χ2n) is 11.2. The second-order valence-corrected chi connectivity index (χ2v) is 11.2. The number of benzene rings is 3. The van der Waals surface area contributed by atoms with Crippen LogP contribution in [0.5, 0.6) is 0 Å². The summed E-state index contributed by atoms with van der Waals surface area (Å²) in [4.78, 5) is 30.1. The molecule has 1 fully saturated rings. The van der Waals surface area contributed by atoms with Crippen LogP contribution in [0.4, 0.5) is 0 Å². The number of furan rings is 1. The van der Waals surface area contributed by atoms with Crippen LogP contribution in [0.25, 0.3) is 22.5 Å². The molecule has 1 aromatic heterocycles. The fourth-order valence-electron chi connectivity index (χ4n) is 6.34. The normalized spacial score (nSPS) is 18.6. The van der Waals surface area contributed by atoms with Crippen molar-refractivity contribution in [2.24, 2.45) is 5.41 Å². The van der Waals surface area contributed by atoms with Gasteiger partial charge in [0.15, 0.2) is 0 Å². The first-order chi connectivity index (χ1) is 19.4. The lowest BCUT2D eigenvalue weighted by molar-refractivity contribution is -0.142. The summed E-state index contributed by atoms with van der Waals surface area (Å²) in [6.07, 6.45) is 2.58. The number of piperidine rings is 1. The van der Waals surface area contributed by atoms with Crippen LogP contribution in [0.3, 0.4) is 0 Å². The van der Waals surface area contributed by atoms with Gasteiger partial charge in [0.2, 0.25) is 5.91 Å². The highest BCUT2D eigenvalue weighted by Gasteiger charge is 2.41. The van der Waals surface area contributed by atoms with Gasteiger partial charge < -0.3 is 19.5 Å². The fraction of sp³-hybridized carbons (Fsp3) is 0.294. The van der Waals surface area contributed by atoms with Crippen molar-refractivity contribution in [3.63, 3.8) is 0 Å². The first-order valence-corrected chi connectivity index (χ1v) is 14.0. The third-order valence-corrected chi connectivity index (χ3v) is 8.34. The molecule has 0 saturated carbocycles. The van der Waals surface area contributed by atoms with Crippen molar-refractivity contribution in [1.82, 2.24) is 15.1 Å². The monoisotopic (exact) mass is 533 g/mol. The average Bonchev–Trinajstić information content (AvgIpc) is 3.57. The van der Waals surface area contributed by atoms with Gasteiger partial charge in [-0.15, -0.1) is 0 Å². The minimum Gasteiger partial charge on any atom is -0.459 e. The molecule has 6 nitrogen and oxygen atoms in total. The Labute approximate surface area is 235 Å². The Morgan fingerprint density at radius 3 is 2.42 bits per heavy atom. The molecule has 1 atom stereocenters. The summed E-state index contributed by atoms with van der Waals surface area (Å²) < 4.78 is 6.37. The molecule has 2 aliphatic heterocycles. The number of amides is 2. The lowest BCUT2D eigenvalue weighted by atomic mass is 9.74. The molecule has 204 valence electrons. The van der Waals surface area contributed by atoms with Gasteiger partial charge in [-0.05, 0) is 66.3 Å². The molecule has 1 saturated heterocycles. The number of rotatable bonds is 7. The van der Waals surface area contributed by atoms with Gasteiger partial charge in [-0.3, -0.25) is 9.59 Å². The van der Waals surface area contributed by atoms with Crippen LogP contribution < -0.4 is 5.32 Å². The summed E-state index contributed by atoms with van der Waals surface area (Å²) in [6.45, 7) is 2.62. The number of nitrogens with zero attached hydrogens (tertiary/aromatic N) is 2. The van der Waals surface area contributed by atoms with E-state index < -0.39 is 5.41 Å². The molecule has 0 radical (unpaired) electrons. The van der Waals surface area contributed by atoms with Gasteiger partial charge in [-0.1, -0.05) is 66.7 Å². The molecule has 6 rings (SSSR count). The smallest absolute Gasteiger partial charge is 0.254 e. The molecular formula is C34H35N3O3. The van der Waals surface area contributed by atoms with E-state index in [1.165, 1.54) is 5.56 Å². The number of carbonyl (C=O) groups excluding carboxylic acids is 2. The van der Waals surface area contributed by atoms with Gasteiger partial charge in [0.05, 0.1) is 12.0 Å². The van der Waals surface area contributed by atoms with E-state index in [0.717, 1.165) is 65.1 Å². The van der Waals surface area contributed by atoms with E-state index in [1.807, 2.05) is 73.6 Å². The zero-order valence-corrected chi connectivity index (χ0v) is 23.2. The van der Waals surface area contributed by atoms with Crippen LogP contribution >= 0.6 is 0 Å². The topological polar surface area (TPSA) is 65.8 Å². The molecule has 3 aromatic carbocycles. The molecule has 0 bridgehead atoms. The Hall–Kier alpha value is -4.16. The summed E-state index contributed by atoms with van der Waals surface area (Å²) in [6, 6.07) is 28.3. The third kappa shape index (κ3) is 4.84. The standard InChI is InChI=1S/C34H35N3O3/c1-36-22-30-27(14-8-15-29(30)32(36)38)26-12-6-7-13-28(26)31-17-16-25(40-31)21-37(2)33(39)34(18-9-19-35-23-34)20-24-10-4-3-5-11-24/h3-8,10-17,35H,9,18-23H2,1-2H3. The Morgan fingerprint density at radius 1 is 0.925 bits per heavy atom. The van der Waals surface area contributed by atoms with Crippen molar-refractivity contribution in [3.8, 4) is 22.5 Å². The van der Waals surface area contributed by atoms with E-state index in [9.17, 15) is 9.59 Å². The maximum absolute atomic E-state index is 13.9. The summed E-state index contributed by atoms with van der Waals surface area (Å²) in [7, 11) is 3.71. The van der Waals surface area contributed by atoms with E-state index in [4.69, 9.17) is 4.42 Å². The van der Waals surface area contributed by atoms with Crippen molar-refractivity contribution in [3.05, 3.63) is 107 Å². The summed E-state index contributed by atoms with van der Waals surface area (Å²) in [5.74, 6) is 1.70. The van der Waals surface area contributed by atoms with Crippen LogP contribution in [-0.2, 0) is 24.3 Å². The predicted molar refractivity (Wildman–Crippen MR) is 157 cm³/mol. The minimum absolute atomic E-state index is 0.0560. The molecule has 2 aliphatic rings. The molecule has 2 amide bonds. The Morgan fingerprint density at radius 2 is 1.65 bits per heavy atom. The number of nitrogens with one attached hydrogen (secondary N) is 1. The van der Waals surface area contributed by atoms with Gasteiger partial charge in [0.1, 0.15) is 11.5 Å². The molecule has 1 N–H and O–H groups in total. The SMILES string of the molecule is CN1Cc2c(cccc2-c2ccccc2-c2ccc(CN(C)C(=O)C3(Cc4ccccc4)CCCNC3)o2)C1=O. The van der Waals surface area contributed by atoms with E-state index >= 15 is 0 Å². The highest BCUT2D eigenvalue weighted by molar-refractivity contribution is 6.01. The van der Waals surface area contributed by atoms with Gasteiger partial charge in [0, 0.05) is 38.3 Å². The van der Waals surface area contributed by atoms with E-state index in [0.29, 0.717) is 19.6 Å². The zero-order chi connectivity index (χ0) is 27.7. The summed E-state index contributed by atoms with van der Waals surface area (Å²) >= 11 is 0. The van der Waals surface area contributed by atoms with Gasteiger partial charge >= 0.3 is 0 Å². The number of fused-ring (bicyclic) bond motifs is 1. The summed E-state index contributed by atoms with van der Waals surface area (Å²) in [5, 5.41) is 3.47. The highest BCUT2D eigenvalue weighted by atomic mass is 16.3. The Bertz CT molecular complexity index is 1540. The van der Waals surface area contributed by atoms with Gasteiger partial charge in [-0.2, -0.15) is 0 Å². The van der Waals surface area contributed by atoms with Crippen LogP contribution in [0.1, 0.15) is 40.1 Å². The predicted octanol–water partition coefficient (Wildman–Crippen LogP) is 5.77. The van der Waals surface area contributed by atoms with Crippen molar-refractivity contribution in [1.29, 1.82) is 0 Å². The van der Waals surface area contributed by atoms with Crippen LogP contribution in [0, 0.1) is 5.41 Å². The first-order valence-electron chi connectivity index (χ1n) is 14.0. The largest absolute Gasteiger partial charge is 0.459 e. The molecule has 1 unspecified atom stereocenters. The van der Waals surface area contributed by atoms with Crippen LogP contribution in [-0.4, -0.2) is 48.8 Å². The lowest BCUT2D eigenvalue weighted by Crippen LogP contribution is -2.52. The maximum Gasteiger partial charge on any atom is 0.254 e. The fourth-order valence-corrected chi connectivity index (χ4v) is 6.34. The van der Waals surface area contributed by atoms with Crippen molar-refractivity contribution < 1.29 is 14.0 Å². The van der Waals surface area contributed by atoms with Crippen molar-refractivity contribution in [2.45, 2.75) is 32.4 Å². The van der Waals surface area contributed by atoms with Crippen molar-refractivity contribution in [2.75, 3.05) is 27.2 Å². The molecule has 0 aliphatic carbocycles. The van der Waals surface area contributed by atoms with E-state index in [1.54, 1.807) is 4.90 Å². The van der Waals surface area contributed by atoms with E-state index in [2.05, 4.69) is 35.6 Å². The molecule has 0 spiro atoms. The molecule has 40 heavy (non-hydrogen) atoms. The third-order valence-electron chi connectivity index (χ3n) is 8.34. The first kappa shape index (κ1) is 26.1. The number of hydrogen-bond donors (Lipinski definition) is 1. The highest BCUT2D eigenvalue weighted by Crippen LogP contribution is 2.39. The maximum atomic E-state index is 13.9. The van der Waals surface area contributed by atoms with E-state index in [-0.39, 0.29) is 11.8 Å².